The van der Waals surface area contributed by atoms with E-state index < -0.39 is 17.2 Å². The van der Waals surface area contributed by atoms with Gasteiger partial charge in [-0.3, -0.25) is 14.3 Å². The van der Waals surface area contributed by atoms with E-state index in [1.807, 2.05) is 0 Å². The molecule has 6 heteroatoms. The van der Waals surface area contributed by atoms with Gasteiger partial charge in [0.25, 0.3) is 5.56 Å². The molecule has 84 valence electrons. The zero-order valence-electron chi connectivity index (χ0n) is 9.00. The summed E-state index contributed by atoms with van der Waals surface area (Å²) in [5, 5.41) is 7.19. The van der Waals surface area contributed by atoms with Gasteiger partial charge in [0.2, 0.25) is 0 Å². The lowest BCUT2D eigenvalue weighted by atomic mass is 10.0. The number of nitrogen functional groups attached to an aromatic ring is 1. The molecule has 4 N–H and O–H groups in total. The minimum Gasteiger partial charge on any atom is -0.385 e. The second-order valence-corrected chi connectivity index (χ2v) is 3.16. The van der Waals surface area contributed by atoms with E-state index in [9.17, 15) is 9.59 Å². The molecule has 0 aliphatic carbocycles. The second kappa shape index (κ2) is 4.49. The highest BCUT2D eigenvalue weighted by atomic mass is 16.2. The zero-order chi connectivity index (χ0) is 12.3. The van der Waals surface area contributed by atoms with Crippen molar-refractivity contribution >= 4 is 12.0 Å². The molecule has 0 amide bonds. The summed E-state index contributed by atoms with van der Waals surface area (Å²) in [7, 11) is 1.34. The van der Waals surface area contributed by atoms with Crippen LogP contribution < -0.4 is 17.0 Å². The third-order valence-corrected chi connectivity index (χ3v) is 2.15. The maximum Gasteiger partial charge on any atom is 0.329 e. The number of hydrogen-bond donors (Lipinski definition) is 3. The molecule has 0 radical (unpaired) electrons. The topological polar surface area (TPSA) is 105 Å². The molecule has 0 bridgehead atoms. The van der Waals surface area contributed by atoms with Crippen LogP contribution in [0.5, 0.6) is 0 Å². The molecule has 0 spiro atoms. The average Bonchev–Trinajstić information content (AvgIpc) is 2.25. The minimum atomic E-state index is -0.694. The lowest BCUT2D eigenvalue weighted by Gasteiger charge is -2.08. The van der Waals surface area contributed by atoms with Crippen LogP contribution in [0.4, 0.5) is 5.82 Å². The molecule has 0 aromatic carbocycles. The highest BCUT2D eigenvalue weighted by Gasteiger charge is 2.16. The van der Waals surface area contributed by atoms with Gasteiger partial charge < -0.3 is 11.1 Å². The quantitative estimate of drug-likeness (QED) is 0.458. The number of rotatable bonds is 2. The van der Waals surface area contributed by atoms with E-state index in [1.165, 1.54) is 7.05 Å². The Kier molecular flexibility index (Phi) is 3.30. The van der Waals surface area contributed by atoms with Crippen LogP contribution in [0, 0.1) is 17.3 Å². The Morgan fingerprint density at radius 3 is 2.69 bits per heavy atom. The molecular formula is C10H12N4O2. The monoisotopic (exact) mass is 220 g/mol. The van der Waals surface area contributed by atoms with Crippen molar-refractivity contribution in [3.05, 3.63) is 26.4 Å². The fraction of sp³-hybridized carbons (Fsp3) is 0.300. The van der Waals surface area contributed by atoms with Crippen LogP contribution in [0.3, 0.4) is 0 Å². The predicted molar refractivity (Wildman–Crippen MR) is 61.7 cm³/mol. The molecule has 16 heavy (non-hydrogen) atoms. The Bertz CT molecular complexity index is 586. The maximum absolute atomic E-state index is 11.8. The number of nitrogens with two attached hydrogens (primary N) is 1. The van der Waals surface area contributed by atoms with Crippen molar-refractivity contribution in [2.45, 2.75) is 12.8 Å². The van der Waals surface area contributed by atoms with Crippen LogP contribution in [0.15, 0.2) is 9.59 Å². The van der Waals surface area contributed by atoms with Gasteiger partial charge in [-0.15, -0.1) is 5.92 Å². The van der Waals surface area contributed by atoms with Gasteiger partial charge in [-0.25, -0.2) is 4.79 Å². The Balaban J connectivity index is 3.60. The standard InChI is InChI=1S/C10H12N4O2/c1-3-4-6(5-11)7-8(12)13-10(16)14(2)9(7)15/h5-6,11H,12H2,1-2H3,(H,13,16). The molecule has 1 rings (SSSR count). The van der Waals surface area contributed by atoms with Crippen LogP contribution in [0.25, 0.3) is 0 Å². The first-order chi connectivity index (χ1) is 7.52. The third kappa shape index (κ3) is 1.88. The molecule has 1 heterocycles. The molecule has 0 saturated carbocycles. The van der Waals surface area contributed by atoms with Crippen molar-refractivity contribution in [1.29, 1.82) is 5.41 Å². The zero-order valence-corrected chi connectivity index (χ0v) is 9.00. The third-order valence-electron chi connectivity index (χ3n) is 2.15. The molecule has 1 aromatic rings. The van der Waals surface area contributed by atoms with Crippen LogP contribution in [0.1, 0.15) is 18.4 Å². The van der Waals surface area contributed by atoms with E-state index in [2.05, 4.69) is 16.8 Å². The molecule has 1 unspecified atom stereocenters. The van der Waals surface area contributed by atoms with E-state index in [0.717, 1.165) is 10.8 Å². The Morgan fingerprint density at radius 2 is 2.19 bits per heavy atom. The summed E-state index contributed by atoms with van der Waals surface area (Å²) in [6, 6.07) is 0. The highest BCUT2D eigenvalue weighted by molar-refractivity contribution is 5.72. The first kappa shape index (κ1) is 11.8. The van der Waals surface area contributed by atoms with Gasteiger partial charge in [0.15, 0.2) is 0 Å². The summed E-state index contributed by atoms with van der Waals surface area (Å²) in [4.78, 5) is 25.3. The minimum absolute atomic E-state index is 0.0376. The van der Waals surface area contributed by atoms with E-state index in [1.54, 1.807) is 6.92 Å². The van der Waals surface area contributed by atoms with Crippen molar-refractivity contribution in [2.24, 2.45) is 7.05 Å². The second-order valence-electron chi connectivity index (χ2n) is 3.16. The first-order valence-electron chi connectivity index (χ1n) is 4.54. The summed E-state index contributed by atoms with van der Waals surface area (Å²) in [6.07, 6.45) is 1.02. The van der Waals surface area contributed by atoms with Crippen molar-refractivity contribution in [1.82, 2.24) is 9.55 Å². The van der Waals surface area contributed by atoms with Gasteiger partial charge in [-0.2, -0.15) is 0 Å². The summed E-state index contributed by atoms with van der Waals surface area (Å²) < 4.78 is 0.902. The molecule has 6 nitrogen and oxygen atoms in total. The van der Waals surface area contributed by atoms with Crippen LogP contribution in [0.2, 0.25) is 0 Å². The number of aromatic nitrogens is 2. The number of nitrogens with zero attached hydrogens (tertiary/aromatic N) is 1. The van der Waals surface area contributed by atoms with Gasteiger partial charge in [-0.05, 0) is 6.92 Å². The van der Waals surface area contributed by atoms with Gasteiger partial charge in [-0.1, -0.05) is 5.92 Å². The van der Waals surface area contributed by atoms with E-state index >= 15 is 0 Å². The fourth-order valence-corrected chi connectivity index (χ4v) is 1.31. The number of anilines is 1. The average molecular weight is 220 g/mol. The number of nitrogens with one attached hydrogen (secondary N) is 2. The number of hydrogen-bond acceptors (Lipinski definition) is 4. The molecule has 0 aliphatic rings. The fourth-order valence-electron chi connectivity index (χ4n) is 1.31. The smallest absolute Gasteiger partial charge is 0.329 e. The molecule has 1 aromatic heterocycles. The maximum atomic E-state index is 11.8. The largest absolute Gasteiger partial charge is 0.385 e. The summed E-state index contributed by atoms with van der Waals surface area (Å²) in [5.74, 6) is 4.55. The first-order valence-corrected chi connectivity index (χ1v) is 4.54. The molecule has 0 aliphatic heterocycles. The highest BCUT2D eigenvalue weighted by Crippen LogP contribution is 2.12. The Labute approximate surface area is 91.6 Å². The van der Waals surface area contributed by atoms with Crippen LogP contribution >= 0.6 is 0 Å². The molecule has 0 saturated heterocycles. The molecule has 0 fully saturated rings. The summed E-state index contributed by atoms with van der Waals surface area (Å²) >= 11 is 0. The van der Waals surface area contributed by atoms with Gasteiger partial charge in [0, 0.05) is 13.3 Å². The van der Waals surface area contributed by atoms with Crippen LogP contribution in [-0.4, -0.2) is 15.8 Å². The normalized spacial score (nSPS) is 11.4. The summed E-state index contributed by atoms with van der Waals surface area (Å²) in [6.45, 7) is 1.60. The van der Waals surface area contributed by atoms with Crippen molar-refractivity contribution in [2.75, 3.05) is 5.73 Å². The van der Waals surface area contributed by atoms with Crippen molar-refractivity contribution in [3.8, 4) is 11.8 Å². The van der Waals surface area contributed by atoms with Crippen LogP contribution in [-0.2, 0) is 7.05 Å². The Morgan fingerprint density at radius 1 is 1.56 bits per heavy atom. The van der Waals surface area contributed by atoms with E-state index in [-0.39, 0.29) is 11.4 Å². The lowest BCUT2D eigenvalue weighted by Crippen LogP contribution is -2.37. The van der Waals surface area contributed by atoms with E-state index in [0.29, 0.717) is 0 Å². The van der Waals surface area contributed by atoms with Crippen molar-refractivity contribution < 1.29 is 0 Å². The number of H-pyrrole nitrogens is 1. The summed E-state index contributed by atoms with van der Waals surface area (Å²) in [5.41, 5.74) is 4.57. The van der Waals surface area contributed by atoms with Crippen molar-refractivity contribution in [3.63, 3.8) is 0 Å². The molecule has 1 atom stereocenters. The SMILES string of the molecule is CC#CC(C=N)c1c(N)[nH]c(=O)n(C)c1=O. The molecular weight excluding hydrogens is 208 g/mol. The Hall–Kier alpha value is -2.29. The lowest BCUT2D eigenvalue weighted by molar-refractivity contribution is 0.761. The van der Waals surface area contributed by atoms with E-state index in [4.69, 9.17) is 11.1 Å². The van der Waals surface area contributed by atoms with Gasteiger partial charge in [0.05, 0.1) is 11.5 Å². The predicted octanol–water partition coefficient (Wildman–Crippen LogP) is -0.588. The number of aromatic amines is 1. The van der Waals surface area contributed by atoms with Gasteiger partial charge >= 0.3 is 5.69 Å². The van der Waals surface area contributed by atoms with Gasteiger partial charge in [0.1, 0.15) is 5.82 Å².